The molecule has 64 valence electrons. The summed E-state index contributed by atoms with van der Waals surface area (Å²) in [5.41, 5.74) is 0.498. The van der Waals surface area contributed by atoms with E-state index in [9.17, 15) is 10.1 Å². The molecule has 12 heavy (non-hydrogen) atoms. The van der Waals surface area contributed by atoms with E-state index < -0.39 is 4.92 Å². The third kappa shape index (κ3) is 1.99. The van der Waals surface area contributed by atoms with Gasteiger partial charge in [0, 0.05) is 35.7 Å². The summed E-state index contributed by atoms with van der Waals surface area (Å²) in [6.45, 7) is 0. The van der Waals surface area contributed by atoms with Crippen LogP contribution in [0.3, 0.4) is 0 Å². The van der Waals surface area contributed by atoms with E-state index in [1.54, 1.807) is 0 Å². The van der Waals surface area contributed by atoms with Gasteiger partial charge in [0.2, 0.25) is 0 Å². The summed E-state index contributed by atoms with van der Waals surface area (Å²) < 4.78 is 0.837. The summed E-state index contributed by atoms with van der Waals surface area (Å²) in [6, 6.07) is 5.57. The molecule has 6 heteroatoms. The quantitative estimate of drug-likeness (QED) is 0.425. The zero-order chi connectivity index (χ0) is 9.14. The maximum Gasteiger partial charge on any atom is 0.269 e. The van der Waals surface area contributed by atoms with E-state index in [0.717, 1.165) is 3.94 Å². The van der Waals surface area contributed by atoms with Crippen LogP contribution >= 0.6 is 23.6 Å². The number of nitro groups is 1. The lowest BCUT2D eigenvalue weighted by molar-refractivity contribution is -0.384. The second-order valence-electron chi connectivity index (χ2n) is 2.01. The summed E-state index contributed by atoms with van der Waals surface area (Å²) in [7, 11) is 0. The number of halogens is 2. The Labute approximate surface area is 78.7 Å². The molecule has 0 unspecified atom stereocenters. The van der Waals surface area contributed by atoms with Gasteiger partial charge in [-0.3, -0.25) is 10.1 Å². The van der Waals surface area contributed by atoms with Crippen LogP contribution in [0.2, 0.25) is 0 Å². The Balaban J connectivity index is 2.93. The average Bonchev–Trinajstić information content (AvgIpc) is 2.04. The Morgan fingerprint density at radius 3 is 2.08 bits per heavy atom. The van der Waals surface area contributed by atoms with Crippen molar-refractivity contribution >= 4 is 34.9 Å². The van der Waals surface area contributed by atoms with Gasteiger partial charge in [0.05, 0.1) is 10.6 Å². The molecule has 0 saturated heterocycles. The number of rotatable bonds is 2. The van der Waals surface area contributed by atoms with Crippen molar-refractivity contribution in [3.8, 4) is 0 Å². The summed E-state index contributed by atoms with van der Waals surface area (Å²) >= 11 is 10.7. The van der Waals surface area contributed by atoms with Gasteiger partial charge in [-0.15, -0.1) is 0 Å². The standard InChI is InChI=1S/C6H4Cl2N2O2/c7-9(8)5-1-3-6(4-2-5)10(11)12/h1-4H. The van der Waals surface area contributed by atoms with Crippen molar-refractivity contribution in [2.75, 3.05) is 3.94 Å². The fourth-order valence-corrected chi connectivity index (χ4v) is 0.912. The lowest BCUT2D eigenvalue weighted by Gasteiger charge is -2.03. The number of non-ortho nitro benzene ring substituents is 1. The Hall–Kier alpha value is -1.00. The molecular formula is C6H4Cl2N2O2. The van der Waals surface area contributed by atoms with Crippen LogP contribution in [0.5, 0.6) is 0 Å². The molecule has 0 aliphatic heterocycles. The molecule has 0 atom stereocenters. The fraction of sp³-hybridized carbons (Fsp3) is 0. The predicted molar refractivity (Wildman–Crippen MR) is 47.3 cm³/mol. The molecule has 0 saturated carbocycles. The molecule has 1 aromatic rings. The summed E-state index contributed by atoms with van der Waals surface area (Å²) in [5.74, 6) is 0. The first kappa shape index (κ1) is 9.09. The molecular weight excluding hydrogens is 203 g/mol. The highest BCUT2D eigenvalue weighted by Gasteiger charge is 2.05. The van der Waals surface area contributed by atoms with Crippen molar-refractivity contribution in [1.82, 2.24) is 0 Å². The first-order valence-electron chi connectivity index (χ1n) is 2.97. The minimum Gasteiger partial charge on any atom is -0.258 e. The van der Waals surface area contributed by atoms with E-state index in [1.807, 2.05) is 0 Å². The third-order valence-electron chi connectivity index (χ3n) is 1.26. The molecule has 1 aromatic carbocycles. The van der Waals surface area contributed by atoms with Crippen LogP contribution in [0.25, 0.3) is 0 Å². The van der Waals surface area contributed by atoms with E-state index in [2.05, 4.69) is 0 Å². The lowest BCUT2D eigenvalue weighted by atomic mass is 10.3. The van der Waals surface area contributed by atoms with Gasteiger partial charge in [0.25, 0.3) is 5.69 Å². The molecule has 0 spiro atoms. The van der Waals surface area contributed by atoms with Crippen molar-refractivity contribution in [3.63, 3.8) is 0 Å². The molecule has 0 heterocycles. The second kappa shape index (κ2) is 3.60. The topological polar surface area (TPSA) is 46.4 Å². The molecule has 0 fully saturated rings. The van der Waals surface area contributed by atoms with Gasteiger partial charge in [-0.2, -0.15) is 3.94 Å². The number of nitrogens with zero attached hydrogens (tertiary/aromatic N) is 2. The molecule has 0 aromatic heterocycles. The highest BCUT2D eigenvalue weighted by Crippen LogP contribution is 2.21. The minimum atomic E-state index is -0.490. The van der Waals surface area contributed by atoms with Crippen LogP contribution in [0, 0.1) is 10.1 Å². The van der Waals surface area contributed by atoms with Gasteiger partial charge in [-0.05, 0) is 12.1 Å². The van der Waals surface area contributed by atoms with Crippen molar-refractivity contribution in [2.24, 2.45) is 0 Å². The van der Waals surface area contributed by atoms with Crippen LogP contribution in [0.4, 0.5) is 11.4 Å². The zero-order valence-corrected chi connectivity index (χ0v) is 7.29. The van der Waals surface area contributed by atoms with Gasteiger partial charge < -0.3 is 0 Å². The van der Waals surface area contributed by atoms with Gasteiger partial charge in [-0.1, -0.05) is 0 Å². The molecule has 0 amide bonds. The molecule has 0 radical (unpaired) electrons. The normalized spacial score (nSPS) is 9.50. The molecule has 0 bridgehead atoms. The summed E-state index contributed by atoms with van der Waals surface area (Å²) in [6.07, 6.45) is 0. The van der Waals surface area contributed by atoms with Crippen LogP contribution in [-0.2, 0) is 0 Å². The molecule has 0 aliphatic carbocycles. The van der Waals surface area contributed by atoms with Gasteiger partial charge in [-0.25, -0.2) is 0 Å². The highest BCUT2D eigenvalue weighted by molar-refractivity contribution is 6.49. The van der Waals surface area contributed by atoms with Crippen LogP contribution in [0.1, 0.15) is 0 Å². The van der Waals surface area contributed by atoms with Gasteiger partial charge in [0.1, 0.15) is 0 Å². The van der Waals surface area contributed by atoms with Crippen molar-refractivity contribution in [1.29, 1.82) is 0 Å². The van der Waals surface area contributed by atoms with Crippen molar-refractivity contribution in [3.05, 3.63) is 34.4 Å². The zero-order valence-electron chi connectivity index (χ0n) is 5.78. The maximum atomic E-state index is 10.2. The van der Waals surface area contributed by atoms with Gasteiger partial charge in [0.15, 0.2) is 0 Å². The monoisotopic (exact) mass is 206 g/mol. The van der Waals surface area contributed by atoms with E-state index >= 15 is 0 Å². The number of benzene rings is 1. The smallest absolute Gasteiger partial charge is 0.258 e. The number of hydrogen-bond acceptors (Lipinski definition) is 3. The molecule has 1 rings (SSSR count). The maximum absolute atomic E-state index is 10.2. The average molecular weight is 207 g/mol. The van der Waals surface area contributed by atoms with Crippen LogP contribution in [-0.4, -0.2) is 4.92 Å². The highest BCUT2D eigenvalue weighted by atomic mass is 35.5. The minimum absolute atomic E-state index is 0.00827. The van der Waals surface area contributed by atoms with E-state index in [4.69, 9.17) is 23.6 Å². The molecule has 0 N–H and O–H groups in total. The largest absolute Gasteiger partial charge is 0.269 e. The van der Waals surface area contributed by atoms with Crippen molar-refractivity contribution in [2.45, 2.75) is 0 Å². The SMILES string of the molecule is O=[N+]([O-])c1ccc(N(Cl)Cl)cc1. The Morgan fingerprint density at radius 2 is 1.75 bits per heavy atom. The van der Waals surface area contributed by atoms with E-state index in [0.29, 0.717) is 5.69 Å². The first-order chi connectivity index (χ1) is 5.61. The third-order valence-corrected chi connectivity index (χ3v) is 1.65. The summed E-state index contributed by atoms with van der Waals surface area (Å²) in [5, 5.41) is 10.2. The van der Waals surface area contributed by atoms with Crippen molar-refractivity contribution < 1.29 is 4.92 Å². The van der Waals surface area contributed by atoms with E-state index in [1.165, 1.54) is 24.3 Å². The second-order valence-corrected chi connectivity index (χ2v) is 2.86. The Bertz CT molecular complexity index is 286. The fourth-order valence-electron chi connectivity index (χ4n) is 0.687. The Kier molecular flexibility index (Phi) is 2.73. The predicted octanol–water partition coefficient (Wildman–Crippen LogP) is 2.71. The number of anilines is 1. The number of nitro benzene ring substituents is 1. The number of hydrogen-bond donors (Lipinski definition) is 0. The first-order valence-corrected chi connectivity index (χ1v) is 3.65. The summed E-state index contributed by atoms with van der Waals surface area (Å²) in [4.78, 5) is 9.72. The molecule has 4 nitrogen and oxygen atoms in total. The Morgan fingerprint density at radius 1 is 1.25 bits per heavy atom. The van der Waals surface area contributed by atoms with Crippen LogP contribution in [0.15, 0.2) is 24.3 Å². The molecule has 0 aliphatic rings. The van der Waals surface area contributed by atoms with Gasteiger partial charge >= 0.3 is 0 Å². The van der Waals surface area contributed by atoms with E-state index in [-0.39, 0.29) is 5.69 Å². The van der Waals surface area contributed by atoms with Crippen LogP contribution < -0.4 is 3.94 Å². The lowest BCUT2D eigenvalue weighted by Crippen LogP contribution is -1.92.